The zero-order chi connectivity index (χ0) is 19.9. The minimum Gasteiger partial charge on any atom is -0.389 e. The second-order valence-corrected chi connectivity index (χ2v) is 8.99. The molecule has 1 amide bonds. The van der Waals surface area contributed by atoms with Gasteiger partial charge in [-0.1, -0.05) is 44.9 Å². The molecular formula is C23H30N2O3. The average molecular weight is 383 g/mol. The van der Waals surface area contributed by atoms with E-state index in [0.717, 1.165) is 31.1 Å². The lowest BCUT2D eigenvalue weighted by Crippen LogP contribution is -2.54. The summed E-state index contributed by atoms with van der Waals surface area (Å²) >= 11 is 0. The number of hydrogen-bond acceptors (Lipinski definition) is 3. The smallest absolute Gasteiger partial charge is 0.258 e. The van der Waals surface area contributed by atoms with Gasteiger partial charge in [0.05, 0.1) is 11.2 Å². The molecule has 2 aliphatic rings. The fraction of sp³-hybridized carbons (Fsp3) is 0.565. The molecule has 1 aromatic carbocycles. The molecule has 0 spiro atoms. The number of nitrogens with zero attached hydrogens (tertiary/aromatic N) is 2. The van der Waals surface area contributed by atoms with Crippen LogP contribution in [-0.2, 0) is 6.54 Å². The van der Waals surface area contributed by atoms with Gasteiger partial charge >= 0.3 is 0 Å². The third kappa shape index (κ3) is 3.37. The number of likely N-dealkylation sites (tertiary alicyclic amines) is 1. The number of carbonyl (C=O) groups is 1. The topological polar surface area (TPSA) is 62.5 Å². The monoisotopic (exact) mass is 382 g/mol. The third-order valence-corrected chi connectivity index (χ3v) is 6.50. The summed E-state index contributed by atoms with van der Waals surface area (Å²) < 4.78 is 1.68. The molecule has 4 rings (SSSR count). The van der Waals surface area contributed by atoms with Crippen LogP contribution in [0, 0.1) is 11.8 Å². The molecule has 1 saturated carbocycles. The summed E-state index contributed by atoms with van der Waals surface area (Å²) in [5, 5.41) is 12.3. The number of piperidine rings is 1. The summed E-state index contributed by atoms with van der Waals surface area (Å²) in [4.78, 5) is 28.2. The van der Waals surface area contributed by atoms with E-state index in [-0.39, 0.29) is 17.4 Å². The molecule has 5 nitrogen and oxygen atoms in total. The highest BCUT2D eigenvalue weighted by molar-refractivity contribution is 6.06. The van der Waals surface area contributed by atoms with Crippen molar-refractivity contribution in [1.29, 1.82) is 0 Å². The summed E-state index contributed by atoms with van der Waals surface area (Å²) in [6.45, 7) is 5.90. The Bertz CT molecular complexity index is 949. The highest BCUT2D eigenvalue weighted by atomic mass is 16.3. The highest BCUT2D eigenvalue weighted by Crippen LogP contribution is 2.40. The zero-order valence-corrected chi connectivity index (χ0v) is 16.9. The first-order valence-corrected chi connectivity index (χ1v) is 10.5. The first kappa shape index (κ1) is 19.2. The van der Waals surface area contributed by atoms with E-state index in [2.05, 4.69) is 13.8 Å². The Labute approximate surface area is 166 Å². The molecule has 2 heterocycles. The van der Waals surface area contributed by atoms with Crippen LogP contribution >= 0.6 is 0 Å². The number of rotatable bonds is 3. The van der Waals surface area contributed by atoms with Crippen molar-refractivity contribution < 1.29 is 9.90 Å². The van der Waals surface area contributed by atoms with E-state index in [9.17, 15) is 14.7 Å². The molecule has 0 radical (unpaired) electrons. The molecule has 1 N–H and O–H groups in total. The van der Waals surface area contributed by atoms with Crippen LogP contribution in [-0.4, -0.2) is 39.2 Å². The van der Waals surface area contributed by atoms with Crippen LogP contribution in [0.15, 0.2) is 35.3 Å². The Kier molecular flexibility index (Phi) is 5.04. The largest absolute Gasteiger partial charge is 0.389 e. The molecule has 2 aromatic rings. The molecule has 28 heavy (non-hydrogen) atoms. The van der Waals surface area contributed by atoms with Gasteiger partial charge in [-0.05, 0) is 31.2 Å². The van der Waals surface area contributed by atoms with Gasteiger partial charge in [-0.3, -0.25) is 9.59 Å². The van der Waals surface area contributed by atoms with Crippen LogP contribution in [0.5, 0.6) is 0 Å². The zero-order valence-electron chi connectivity index (χ0n) is 16.9. The maximum Gasteiger partial charge on any atom is 0.258 e. The molecule has 5 heteroatoms. The standard InChI is InChI=1S/C23H30N2O3/c1-16(2)13-25-15-20(18-8-3-4-9-19(18)21(25)26)22(27)24-12-11-23(28)10-6-5-7-17(23)14-24/h3-4,8-9,15-17,28H,5-7,10-14H2,1-2H3/t17-,23-/m1/s1. The quantitative estimate of drug-likeness (QED) is 0.885. The second-order valence-electron chi connectivity index (χ2n) is 8.99. The van der Waals surface area contributed by atoms with Gasteiger partial charge in [0.1, 0.15) is 0 Å². The SMILES string of the molecule is CC(C)Cn1cc(C(=O)N2CC[C@]3(O)CCCC[C@@H]3C2)c2ccccc2c1=O. The fourth-order valence-electron chi connectivity index (χ4n) is 4.97. The van der Waals surface area contributed by atoms with E-state index in [4.69, 9.17) is 0 Å². The Morgan fingerprint density at radius 2 is 1.96 bits per heavy atom. The Morgan fingerprint density at radius 3 is 2.71 bits per heavy atom. The molecule has 0 bridgehead atoms. The van der Waals surface area contributed by atoms with Crippen LogP contribution in [0.25, 0.3) is 10.8 Å². The van der Waals surface area contributed by atoms with Gasteiger partial charge in [0, 0.05) is 42.5 Å². The van der Waals surface area contributed by atoms with Crippen LogP contribution in [0.3, 0.4) is 0 Å². The first-order chi connectivity index (χ1) is 13.4. The lowest BCUT2D eigenvalue weighted by molar-refractivity contribution is -0.0886. The van der Waals surface area contributed by atoms with Crippen LogP contribution in [0.1, 0.15) is 56.3 Å². The van der Waals surface area contributed by atoms with E-state index in [1.807, 2.05) is 23.1 Å². The Balaban J connectivity index is 1.71. The molecule has 0 unspecified atom stereocenters. The average Bonchev–Trinajstić information content (AvgIpc) is 2.68. The molecule has 1 aliphatic carbocycles. The molecule has 1 saturated heterocycles. The van der Waals surface area contributed by atoms with Crippen molar-refractivity contribution in [3.05, 3.63) is 46.4 Å². The maximum atomic E-state index is 13.5. The van der Waals surface area contributed by atoms with Gasteiger partial charge in [-0.25, -0.2) is 0 Å². The lowest BCUT2D eigenvalue weighted by Gasteiger charge is -2.47. The van der Waals surface area contributed by atoms with E-state index in [1.54, 1.807) is 16.8 Å². The van der Waals surface area contributed by atoms with E-state index in [0.29, 0.717) is 42.9 Å². The van der Waals surface area contributed by atoms with E-state index in [1.165, 1.54) is 0 Å². The summed E-state index contributed by atoms with van der Waals surface area (Å²) in [6, 6.07) is 7.40. The van der Waals surface area contributed by atoms with Crippen LogP contribution in [0.2, 0.25) is 0 Å². The molecule has 2 fully saturated rings. The number of fused-ring (bicyclic) bond motifs is 2. The number of aromatic nitrogens is 1. The Hall–Kier alpha value is -2.14. The molecule has 1 aromatic heterocycles. The minimum absolute atomic E-state index is 0.0265. The van der Waals surface area contributed by atoms with Crippen LogP contribution < -0.4 is 5.56 Å². The Morgan fingerprint density at radius 1 is 1.21 bits per heavy atom. The second kappa shape index (κ2) is 7.36. The van der Waals surface area contributed by atoms with E-state index < -0.39 is 5.60 Å². The van der Waals surface area contributed by atoms with Gasteiger partial charge in [0.15, 0.2) is 0 Å². The van der Waals surface area contributed by atoms with Gasteiger partial charge in [-0.2, -0.15) is 0 Å². The van der Waals surface area contributed by atoms with Gasteiger partial charge < -0.3 is 14.6 Å². The molecular weight excluding hydrogens is 352 g/mol. The predicted octanol–water partition coefficient (Wildman–Crippen LogP) is 3.42. The van der Waals surface area contributed by atoms with Crippen molar-refractivity contribution in [3.8, 4) is 0 Å². The number of aliphatic hydroxyl groups is 1. The first-order valence-electron chi connectivity index (χ1n) is 10.5. The van der Waals surface area contributed by atoms with Crippen molar-refractivity contribution >= 4 is 16.7 Å². The van der Waals surface area contributed by atoms with Gasteiger partial charge in [0.25, 0.3) is 11.5 Å². The maximum absolute atomic E-state index is 13.5. The number of pyridine rings is 1. The van der Waals surface area contributed by atoms with E-state index >= 15 is 0 Å². The summed E-state index contributed by atoms with van der Waals surface area (Å²) in [5.41, 5.74) is -0.0497. The minimum atomic E-state index is -0.604. The van der Waals surface area contributed by atoms with Crippen LogP contribution in [0.4, 0.5) is 0 Å². The lowest BCUT2D eigenvalue weighted by atomic mass is 9.71. The molecule has 150 valence electrons. The van der Waals surface area contributed by atoms with Crippen molar-refractivity contribution in [1.82, 2.24) is 9.47 Å². The number of carbonyl (C=O) groups excluding carboxylic acids is 1. The summed E-state index contributed by atoms with van der Waals surface area (Å²) in [5.74, 6) is 0.446. The van der Waals surface area contributed by atoms with Crippen molar-refractivity contribution in [2.45, 2.75) is 58.1 Å². The third-order valence-electron chi connectivity index (χ3n) is 6.50. The van der Waals surface area contributed by atoms with Gasteiger partial charge in [0.2, 0.25) is 0 Å². The number of amides is 1. The molecule has 2 atom stereocenters. The highest BCUT2D eigenvalue weighted by Gasteiger charge is 2.44. The van der Waals surface area contributed by atoms with Crippen molar-refractivity contribution in [3.63, 3.8) is 0 Å². The number of benzene rings is 1. The van der Waals surface area contributed by atoms with Gasteiger partial charge in [-0.15, -0.1) is 0 Å². The number of hydrogen-bond donors (Lipinski definition) is 1. The summed E-state index contributed by atoms with van der Waals surface area (Å²) in [7, 11) is 0. The summed E-state index contributed by atoms with van der Waals surface area (Å²) in [6.07, 6.45) is 6.42. The normalized spacial score (nSPS) is 25.1. The molecule has 1 aliphatic heterocycles. The fourth-order valence-corrected chi connectivity index (χ4v) is 4.97. The predicted molar refractivity (Wildman–Crippen MR) is 110 cm³/mol. The van der Waals surface area contributed by atoms with Crippen molar-refractivity contribution in [2.75, 3.05) is 13.1 Å². The van der Waals surface area contributed by atoms with Crippen molar-refractivity contribution in [2.24, 2.45) is 11.8 Å².